The third-order valence-electron chi connectivity index (χ3n) is 4.85. The third-order valence-corrected chi connectivity index (χ3v) is 7.07. The minimum absolute atomic E-state index is 0.150. The second-order valence-electron chi connectivity index (χ2n) is 6.59. The molecule has 0 aliphatic carbocycles. The Labute approximate surface area is 171 Å². The van der Waals surface area contributed by atoms with Crippen LogP contribution in [0.1, 0.15) is 55.9 Å². The number of nitrogens with one attached hydrogen (secondary N) is 1. The summed E-state index contributed by atoms with van der Waals surface area (Å²) >= 11 is 2.75. The van der Waals surface area contributed by atoms with Crippen molar-refractivity contribution >= 4 is 45.5 Å². The smallest absolute Gasteiger partial charge is 0.341 e. The van der Waals surface area contributed by atoms with Crippen LogP contribution in [-0.2, 0) is 16.0 Å². The second kappa shape index (κ2) is 8.42. The predicted molar refractivity (Wildman–Crippen MR) is 110 cm³/mol. The molecule has 0 unspecified atom stereocenters. The number of primary amides is 1. The Kier molecular flexibility index (Phi) is 6.17. The molecule has 28 heavy (non-hydrogen) atoms. The van der Waals surface area contributed by atoms with Gasteiger partial charge < -0.3 is 15.8 Å². The highest BCUT2D eigenvalue weighted by Gasteiger charge is 2.28. The number of carbonyl (C=O) groups excluding carboxylic acids is 3. The average Bonchev–Trinajstić information content (AvgIpc) is 3.22. The van der Waals surface area contributed by atoms with E-state index in [4.69, 9.17) is 10.5 Å². The molecule has 3 rings (SSSR count). The van der Waals surface area contributed by atoms with Crippen LogP contribution in [0.4, 0.5) is 5.00 Å². The number of hydrogen-bond donors (Lipinski definition) is 2. The number of anilines is 1. The maximum atomic E-state index is 12.7. The Balaban J connectivity index is 1.77. The fraction of sp³-hybridized carbons (Fsp3) is 0.421. The van der Waals surface area contributed by atoms with Gasteiger partial charge in [-0.25, -0.2) is 4.79 Å². The summed E-state index contributed by atoms with van der Waals surface area (Å²) in [6, 6.07) is 2.26. The maximum Gasteiger partial charge on any atom is 0.341 e. The molecule has 0 saturated carbocycles. The lowest BCUT2D eigenvalue weighted by atomic mass is 10.0. The van der Waals surface area contributed by atoms with Crippen molar-refractivity contribution in [2.75, 3.05) is 25.0 Å². The van der Waals surface area contributed by atoms with E-state index in [2.05, 4.69) is 28.6 Å². The summed E-state index contributed by atoms with van der Waals surface area (Å²) in [5, 5.41) is 5.16. The van der Waals surface area contributed by atoms with Crippen molar-refractivity contribution in [3.05, 3.63) is 37.9 Å². The molecule has 3 N–H and O–H groups in total. The fourth-order valence-electron chi connectivity index (χ4n) is 3.41. The van der Waals surface area contributed by atoms with E-state index < -0.39 is 11.9 Å². The van der Waals surface area contributed by atoms with E-state index in [0.717, 1.165) is 24.3 Å². The summed E-state index contributed by atoms with van der Waals surface area (Å²) in [5.41, 5.74) is 7.29. The van der Waals surface area contributed by atoms with Crippen molar-refractivity contribution in [1.29, 1.82) is 0 Å². The zero-order valence-electron chi connectivity index (χ0n) is 16.0. The largest absolute Gasteiger partial charge is 0.462 e. The van der Waals surface area contributed by atoms with Crippen molar-refractivity contribution in [2.45, 2.75) is 33.2 Å². The van der Waals surface area contributed by atoms with Crippen LogP contribution >= 0.6 is 22.7 Å². The van der Waals surface area contributed by atoms with Crippen LogP contribution < -0.4 is 11.1 Å². The molecule has 0 bridgehead atoms. The summed E-state index contributed by atoms with van der Waals surface area (Å²) in [6.45, 7) is 6.60. The van der Waals surface area contributed by atoms with Crippen molar-refractivity contribution in [3.63, 3.8) is 0 Å². The van der Waals surface area contributed by atoms with Crippen molar-refractivity contribution in [2.24, 2.45) is 5.73 Å². The topological polar surface area (TPSA) is 102 Å². The zero-order chi connectivity index (χ0) is 20.4. The molecule has 2 aromatic rings. The quantitative estimate of drug-likeness (QED) is 0.698. The van der Waals surface area contributed by atoms with Crippen molar-refractivity contribution in [1.82, 2.24) is 4.90 Å². The normalized spacial score (nSPS) is 16.5. The minimum Gasteiger partial charge on any atom is -0.462 e. The van der Waals surface area contributed by atoms with Crippen LogP contribution in [0.3, 0.4) is 0 Å². The lowest BCUT2D eigenvalue weighted by Crippen LogP contribution is -2.39. The molecule has 1 aliphatic heterocycles. The van der Waals surface area contributed by atoms with Gasteiger partial charge in [-0.1, -0.05) is 0 Å². The SMILES string of the molecule is CCOC(=O)c1c(NC(=O)CN2CCc3sccc3[C@@H]2C)sc(C(N)=O)c1C. The van der Waals surface area contributed by atoms with Crippen LogP contribution in [-0.4, -0.2) is 42.4 Å². The Morgan fingerprint density at radius 1 is 1.39 bits per heavy atom. The second-order valence-corrected chi connectivity index (χ2v) is 8.61. The molecule has 1 atom stereocenters. The van der Waals surface area contributed by atoms with E-state index >= 15 is 0 Å². The van der Waals surface area contributed by atoms with E-state index in [0.29, 0.717) is 10.6 Å². The molecule has 7 nitrogen and oxygen atoms in total. The first-order chi connectivity index (χ1) is 13.3. The first-order valence-electron chi connectivity index (χ1n) is 9.03. The minimum atomic E-state index is -0.636. The summed E-state index contributed by atoms with van der Waals surface area (Å²) in [6.07, 6.45) is 0.919. The molecule has 0 spiro atoms. The molecule has 2 aromatic heterocycles. The van der Waals surface area contributed by atoms with Crippen LogP contribution in [0.2, 0.25) is 0 Å². The number of nitrogens with zero attached hydrogens (tertiary/aromatic N) is 1. The number of nitrogens with two attached hydrogens (primary N) is 1. The van der Waals surface area contributed by atoms with Crippen LogP contribution in [0.15, 0.2) is 11.4 Å². The van der Waals surface area contributed by atoms with Crippen LogP contribution in [0.25, 0.3) is 0 Å². The van der Waals surface area contributed by atoms with E-state index in [-0.39, 0.29) is 35.5 Å². The fourth-order valence-corrected chi connectivity index (χ4v) is 5.44. The lowest BCUT2D eigenvalue weighted by Gasteiger charge is -2.32. The van der Waals surface area contributed by atoms with E-state index in [1.165, 1.54) is 10.4 Å². The molecule has 1 aliphatic rings. The highest BCUT2D eigenvalue weighted by molar-refractivity contribution is 7.18. The van der Waals surface area contributed by atoms with Crippen LogP contribution in [0, 0.1) is 6.92 Å². The molecule has 0 fully saturated rings. The van der Waals surface area contributed by atoms with E-state index in [9.17, 15) is 14.4 Å². The molecule has 3 heterocycles. The number of carbonyl (C=O) groups is 3. The van der Waals surface area contributed by atoms with Gasteiger partial charge >= 0.3 is 5.97 Å². The van der Waals surface area contributed by atoms with Gasteiger partial charge in [0.2, 0.25) is 5.91 Å². The summed E-state index contributed by atoms with van der Waals surface area (Å²) < 4.78 is 5.08. The van der Waals surface area contributed by atoms with Crippen molar-refractivity contribution in [3.8, 4) is 0 Å². The molecule has 0 aromatic carbocycles. The highest BCUT2D eigenvalue weighted by Crippen LogP contribution is 2.35. The van der Waals surface area contributed by atoms with E-state index in [1.807, 2.05) is 0 Å². The number of hydrogen-bond acceptors (Lipinski definition) is 7. The summed E-state index contributed by atoms with van der Waals surface area (Å²) in [5.74, 6) is -1.45. The van der Waals surface area contributed by atoms with Gasteiger partial charge in [0.25, 0.3) is 5.91 Å². The molecular formula is C19H23N3O4S2. The number of fused-ring (bicyclic) bond motifs is 1. The maximum absolute atomic E-state index is 12.7. The zero-order valence-corrected chi connectivity index (χ0v) is 17.7. The van der Waals surface area contributed by atoms with Crippen molar-refractivity contribution < 1.29 is 19.1 Å². The lowest BCUT2D eigenvalue weighted by molar-refractivity contribution is -0.117. The van der Waals surface area contributed by atoms with Gasteiger partial charge in [-0.3, -0.25) is 14.5 Å². The molecule has 9 heteroatoms. The van der Waals surface area contributed by atoms with E-state index in [1.54, 1.807) is 25.2 Å². The van der Waals surface area contributed by atoms with Gasteiger partial charge in [-0.05, 0) is 49.8 Å². The summed E-state index contributed by atoms with van der Waals surface area (Å²) in [4.78, 5) is 40.4. The number of esters is 1. The number of ether oxygens (including phenoxy) is 1. The van der Waals surface area contributed by atoms with Gasteiger partial charge in [0, 0.05) is 17.5 Å². The van der Waals surface area contributed by atoms with Crippen LogP contribution in [0.5, 0.6) is 0 Å². The van der Waals surface area contributed by atoms with Gasteiger partial charge in [-0.15, -0.1) is 22.7 Å². The molecule has 150 valence electrons. The number of rotatable bonds is 6. The predicted octanol–water partition coefficient (Wildman–Crippen LogP) is 2.95. The average molecular weight is 422 g/mol. The van der Waals surface area contributed by atoms with Gasteiger partial charge in [0.05, 0.1) is 23.6 Å². The Bertz CT molecular complexity index is 918. The number of amides is 2. The molecule has 0 saturated heterocycles. The first kappa shape index (κ1) is 20.5. The molecule has 2 amide bonds. The Morgan fingerprint density at radius 3 is 2.82 bits per heavy atom. The number of thiophene rings is 2. The van der Waals surface area contributed by atoms with Gasteiger partial charge in [0.1, 0.15) is 5.00 Å². The highest BCUT2D eigenvalue weighted by atomic mass is 32.1. The summed E-state index contributed by atoms with van der Waals surface area (Å²) in [7, 11) is 0. The van der Waals surface area contributed by atoms with Gasteiger partial charge in [0.15, 0.2) is 0 Å². The Morgan fingerprint density at radius 2 is 2.14 bits per heavy atom. The molecule has 0 radical (unpaired) electrons. The molecular weight excluding hydrogens is 398 g/mol. The monoisotopic (exact) mass is 421 g/mol. The first-order valence-corrected chi connectivity index (χ1v) is 10.7. The third kappa shape index (κ3) is 3.96. The van der Waals surface area contributed by atoms with Gasteiger partial charge in [-0.2, -0.15) is 0 Å². The Hall–Kier alpha value is -2.23. The standard InChI is InChI=1S/C19H23N3O4S2/c1-4-26-19(25)15-10(2)16(17(20)24)28-18(15)21-14(23)9-22-7-5-13-12(11(22)3)6-8-27-13/h6,8,11H,4-5,7,9H2,1-3H3,(H2,20,24)(H,21,23)/t11-/m0/s1.